The summed E-state index contributed by atoms with van der Waals surface area (Å²) in [6.07, 6.45) is 11.0. The third kappa shape index (κ3) is 14.5. The second-order valence-electron chi connectivity index (χ2n) is 16.1. The average Bonchev–Trinajstić information content (AvgIpc) is 3.83. The normalized spacial score (nSPS) is 19.6. The predicted molar refractivity (Wildman–Crippen MR) is 228 cm³/mol. The molecule has 6 rings (SSSR count). The number of piperazine rings is 1. The summed E-state index contributed by atoms with van der Waals surface area (Å²) in [5.41, 5.74) is 8.63. The Morgan fingerprint density at radius 1 is 0.754 bits per heavy atom. The molecule has 0 spiro atoms. The van der Waals surface area contributed by atoms with Gasteiger partial charge >= 0.3 is 18.2 Å². The first-order valence-electron chi connectivity index (χ1n) is 22.0. The first kappa shape index (κ1) is 45.3. The molecule has 3 saturated heterocycles. The highest BCUT2D eigenvalue weighted by Crippen LogP contribution is 2.25. The minimum Gasteiger partial charge on any atom is -0.447 e. The fourth-order valence-corrected chi connectivity index (χ4v) is 7.93. The van der Waals surface area contributed by atoms with Crippen molar-refractivity contribution in [3.63, 3.8) is 0 Å². The standard InChI is InChI=1S/C45H64N8O8/c46-30-35-12-14-36(15-13-35)31-49-43(55)51-25-27-53(28-26-51)45(57)61-39-18-29-58-40(41(39)59-32-37-10-6-5-7-11-37)33-60-44(56)52-22-16-38(17-23-52)42(54)48-19-8-3-1-2-4-9-21-50-24-20-47-34-50/h5-7,10-15,20,24,34,38-41H,1-4,8-9,16-19,21-23,25-33,46H2,(H,48,54)(H,49,55)/t39-,40-,41+/m1/s1. The average molecular weight is 845 g/mol. The smallest absolute Gasteiger partial charge is 0.410 e. The van der Waals surface area contributed by atoms with E-state index in [1.807, 2.05) is 67.1 Å². The zero-order chi connectivity index (χ0) is 42.7. The molecule has 0 aliphatic carbocycles. The van der Waals surface area contributed by atoms with E-state index >= 15 is 0 Å². The van der Waals surface area contributed by atoms with Gasteiger partial charge in [0.25, 0.3) is 0 Å². The van der Waals surface area contributed by atoms with Gasteiger partial charge in [-0.25, -0.2) is 19.4 Å². The lowest BCUT2D eigenvalue weighted by Gasteiger charge is -2.39. The lowest BCUT2D eigenvalue weighted by molar-refractivity contribution is -0.178. The third-order valence-electron chi connectivity index (χ3n) is 11.7. The van der Waals surface area contributed by atoms with Crippen LogP contribution in [0.4, 0.5) is 14.4 Å². The summed E-state index contributed by atoms with van der Waals surface area (Å²) in [7, 11) is 0. The number of nitrogens with zero attached hydrogens (tertiary/aromatic N) is 5. The van der Waals surface area contributed by atoms with Crippen LogP contribution in [0.15, 0.2) is 73.3 Å². The van der Waals surface area contributed by atoms with E-state index in [1.54, 1.807) is 20.9 Å². The molecule has 3 fully saturated rings. The monoisotopic (exact) mass is 844 g/mol. The van der Waals surface area contributed by atoms with Gasteiger partial charge in [-0.1, -0.05) is 80.3 Å². The van der Waals surface area contributed by atoms with Crippen molar-refractivity contribution in [3.8, 4) is 0 Å². The number of carbonyl (C=O) groups excluding carboxylic acids is 4. The van der Waals surface area contributed by atoms with E-state index in [2.05, 4.69) is 20.2 Å². The first-order valence-corrected chi connectivity index (χ1v) is 22.0. The summed E-state index contributed by atoms with van der Waals surface area (Å²) in [6, 6.07) is 17.3. The van der Waals surface area contributed by atoms with Crippen LogP contribution in [0.3, 0.4) is 0 Å². The Morgan fingerprint density at radius 2 is 1.44 bits per heavy atom. The third-order valence-corrected chi connectivity index (χ3v) is 11.7. The number of piperidine rings is 1. The SMILES string of the molecule is NCc1ccc(CNC(=O)N2CCN(C(=O)O[C@@H]3CCO[C@H](COC(=O)N4CCC(C(=O)NCCCCCCCCn5ccnc5)CC4)[C@H]3OCc3ccccc3)CC2)cc1. The van der Waals surface area contributed by atoms with Gasteiger partial charge in [0, 0.05) is 90.2 Å². The molecule has 332 valence electrons. The molecule has 2 aromatic carbocycles. The summed E-state index contributed by atoms with van der Waals surface area (Å²) in [5, 5.41) is 6.05. The van der Waals surface area contributed by atoms with Crippen LogP contribution in [0.2, 0.25) is 0 Å². The lowest BCUT2D eigenvalue weighted by Crippen LogP contribution is -2.55. The number of amides is 5. The second kappa shape index (κ2) is 24.3. The van der Waals surface area contributed by atoms with Crippen molar-refractivity contribution in [2.24, 2.45) is 11.7 Å². The molecule has 1 aromatic heterocycles. The maximum Gasteiger partial charge on any atom is 0.410 e. The Labute approximate surface area is 359 Å². The zero-order valence-electron chi connectivity index (χ0n) is 35.4. The Bertz CT molecular complexity index is 1770. The van der Waals surface area contributed by atoms with E-state index in [9.17, 15) is 19.2 Å². The number of nitrogens with one attached hydrogen (secondary N) is 2. The summed E-state index contributed by atoms with van der Waals surface area (Å²) >= 11 is 0. The van der Waals surface area contributed by atoms with Gasteiger partial charge in [0.15, 0.2) is 0 Å². The molecule has 4 N–H and O–H groups in total. The number of hydrogen-bond acceptors (Lipinski definition) is 10. The molecule has 61 heavy (non-hydrogen) atoms. The molecule has 5 amide bonds. The van der Waals surface area contributed by atoms with Gasteiger partial charge in [-0.05, 0) is 42.4 Å². The first-order chi connectivity index (χ1) is 29.9. The van der Waals surface area contributed by atoms with Gasteiger partial charge in [0.1, 0.15) is 24.9 Å². The van der Waals surface area contributed by atoms with E-state index in [0.717, 1.165) is 48.9 Å². The van der Waals surface area contributed by atoms with E-state index in [1.165, 1.54) is 12.8 Å². The number of benzene rings is 2. The molecule has 3 aliphatic heterocycles. The highest BCUT2D eigenvalue weighted by molar-refractivity contribution is 5.79. The van der Waals surface area contributed by atoms with Crippen molar-refractivity contribution in [1.29, 1.82) is 0 Å². The number of nitrogens with two attached hydrogens (primary N) is 1. The summed E-state index contributed by atoms with van der Waals surface area (Å²) in [5.74, 6) is -0.0815. The number of urea groups is 1. The Balaban J connectivity index is 0.900. The number of unbranched alkanes of at least 4 members (excludes halogenated alkanes) is 5. The topological polar surface area (TPSA) is 183 Å². The van der Waals surface area contributed by atoms with Crippen LogP contribution < -0.4 is 16.4 Å². The Kier molecular flexibility index (Phi) is 18.1. The number of aryl methyl sites for hydroxylation is 1. The van der Waals surface area contributed by atoms with Crippen LogP contribution >= 0.6 is 0 Å². The second-order valence-corrected chi connectivity index (χ2v) is 16.1. The minimum absolute atomic E-state index is 0.0522. The van der Waals surface area contributed by atoms with Gasteiger partial charge in [-0.2, -0.15) is 0 Å². The number of rotatable bonds is 19. The van der Waals surface area contributed by atoms with Crippen molar-refractivity contribution >= 4 is 24.1 Å². The van der Waals surface area contributed by atoms with Gasteiger partial charge in [0.05, 0.1) is 19.5 Å². The van der Waals surface area contributed by atoms with Crippen molar-refractivity contribution in [3.05, 3.63) is 90.0 Å². The maximum atomic E-state index is 13.5. The predicted octanol–water partition coefficient (Wildman–Crippen LogP) is 5.05. The molecule has 4 heterocycles. The molecule has 0 bridgehead atoms. The molecule has 0 saturated carbocycles. The number of ether oxygens (including phenoxy) is 4. The fourth-order valence-electron chi connectivity index (χ4n) is 7.93. The van der Waals surface area contributed by atoms with Crippen LogP contribution in [-0.2, 0) is 50.0 Å². The molecule has 3 aromatic rings. The highest BCUT2D eigenvalue weighted by atomic mass is 16.6. The van der Waals surface area contributed by atoms with Gasteiger partial charge < -0.3 is 54.6 Å². The molecule has 0 radical (unpaired) electrons. The van der Waals surface area contributed by atoms with E-state index in [0.29, 0.717) is 84.8 Å². The van der Waals surface area contributed by atoms with Crippen LogP contribution in [0.1, 0.15) is 74.5 Å². The van der Waals surface area contributed by atoms with Gasteiger partial charge in [0.2, 0.25) is 5.91 Å². The number of aromatic nitrogens is 2. The van der Waals surface area contributed by atoms with Crippen LogP contribution in [-0.4, -0.2) is 126 Å². The Hall–Kier alpha value is -5.19. The van der Waals surface area contributed by atoms with Crippen molar-refractivity contribution in [2.75, 3.05) is 59.0 Å². The van der Waals surface area contributed by atoms with Crippen LogP contribution in [0, 0.1) is 5.92 Å². The molecule has 16 nitrogen and oxygen atoms in total. The van der Waals surface area contributed by atoms with E-state index in [4.69, 9.17) is 24.7 Å². The van der Waals surface area contributed by atoms with Gasteiger partial charge in [-0.15, -0.1) is 0 Å². The molecule has 16 heteroatoms. The molecular formula is C45H64N8O8. The Morgan fingerprint density at radius 3 is 2.16 bits per heavy atom. The van der Waals surface area contributed by atoms with Crippen molar-refractivity contribution in [2.45, 2.75) is 102 Å². The number of carbonyl (C=O) groups is 4. The van der Waals surface area contributed by atoms with Gasteiger partial charge in [-0.3, -0.25) is 4.79 Å². The quantitative estimate of drug-likeness (QED) is 0.138. The van der Waals surface area contributed by atoms with Crippen LogP contribution in [0.5, 0.6) is 0 Å². The maximum absolute atomic E-state index is 13.5. The number of hydrogen-bond donors (Lipinski definition) is 3. The summed E-state index contributed by atoms with van der Waals surface area (Å²) in [6.45, 7) is 5.22. The highest BCUT2D eigenvalue weighted by Gasteiger charge is 2.40. The number of imidazole rings is 1. The zero-order valence-corrected chi connectivity index (χ0v) is 35.4. The molecular weight excluding hydrogens is 781 g/mol. The fraction of sp³-hybridized carbons (Fsp3) is 0.578. The number of likely N-dealkylation sites (tertiary alicyclic amines) is 1. The largest absolute Gasteiger partial charge is 0.447 e. The molecule has 3 atom stereocenters. The van der Waals surface area contributed by atoms with E-state index < -0.39 is 30.5 Å². The van der Waals surface area contributed by atoms with Crippen molar-refractivity contribution < 1.29 is 38.1 Å². The minimum atomic E-state index is -0.695. The summed E-state index contributed by atoms with van der Waals surface area (Å²) < 4.78 is 26.4. The lowest BCUT2D eigenvalue weighted by atomic mass is 9.96. The van der Waals surface area contributed by atoms with Crippen LogP contribution in [0.25, 0.3) is 0 Å². The molecule has 3 aliphatic rings. The summed E-state index contributed by atoms with van der Waals surface area (Å²) in [4.78, 5) is 61.5. The van der Waals surface area contributed by atoms with E-state index in [-0.39, 0.29) is 31.1 Å². The van der Waals surface area contributed by atoms with Crippen molar-refractivity contribution in [1.82, 2.24) is 34.9 Å². The molecule has 0 unspecified atom stereocenters.